The fourth-order valence-electron chi connectivity index (χ4n) is 4.03. The Balaban J connectivity index is 1.80. The van der Waals surface area contributed by atoms with Crippen LogP contribution in [0.4, 0.5) is 4.39 Å². The van der Waals surface area contributed by atoms with Crippen LogP contribution in [-0.2, 0) is 13.0 Å². The van der Waals surface area contributed by atoms with Gasteiger partial charge in [-0.2, -0.15) is 0 Å². The average Bonchev–Trinajstić information content (AvgIpc) is 2.73. The Kier molecular flexibility index (Phi) is 5.31. The third-order valence-electron chi connectivity index (χ3n) is 5.54. The Morgan fingerprint density at radius 2 is 1.71 bits per heavy atom. The summed E-state index contributed by atoms with van der Waals surface area (Å²) in [5.74, 6) is -0.983. The number of carbonyl (C=O) groups excluding carboxylic acids is 2. The van der Waals surface area contributed by atoms with E-state index in [2.05, 4.69) is 5.32 Å². The Morgan fingerprint density at radius 3 is 2.39 bits per heavy atom. The highest BCUT2D eigenvalue weighted by molar-refractivity contribution is 6.04. The summed E-state index contributed by atoms with van der Waals surface area (Å²) in [6.45, 7) is 4.05. The zero-order valence-electron chi connectivity index (χ0n) is 17.4. The predicted molar refractivity (Wildman–Crippen MR) is 116 cm³/mol. The molecule has 4 rings (SSSR count). The number of hydrogen-bond donors (Lipinski definition) is 1. The largest absolute Gasteiger partial charge is 0.348 e. The van der Waals surface area contributed by atoms with Crippen molar-refractivity contribution in [1.29, 1.82) is 0 Å². The number of benzene rings is 2. The van der Waals surface area contributed by atoms with Gasteiger partial charge in [-0.1, -0.05) is 44.2 Å². The first kappa shape index (κ1) is 20.7. The van der Waals surface area contributed by atoms with Crippen LogP contribution < -0.4 is 10.9 Å². The van der Waals surface area contributed by atoms with Crippen molar-refractivity contribution in [3.63, 3.8) is 0 Å². The number of amides is 1. The molecule has 158 valence electrons. The van der Waals surface area contributed by atoms with E-state index in [0.717, 1.165) is 0 Å². The summed E-state index contributed by atoms with van der Waals surface area (Å²) in [5.41, 5.74) is 1.38. The van der Waals surface area contributed by atoms with E-state index in [-0.39, 0.29) is 29.1 Å². The van der Waals surface area contributed by atoms with Gasteiger partial charge in [0.25, 0.3) is 11.5 Å². The lowest BCUT2D eigenvalue weighted by atomic mass is 9.73. The van der Waals surface area contributed by atoms with Crippen molar-refractivity contribution in [2.45, 2.75) is 33.2 Å². The van der Waals surface area contributed by atoms with Crippen molar-refractivity contribution in [3.8, 4) is 5.69 Å². The van der Waals surface area contributed by atoms with Crippen molar-refractivity contribution in [3.05, 3.63) is 99.2 Å². The molecule has 1 N–H and O–H groups in total. The molecule has 0 saturated heterocycles. The molecule has 1 aliphatic rings. The van der Waals surface area contributed by atoms with Crippen LogP contribution in [0.25, 0.3) is 5.69 Å². The molecule has 0 radical (unpaired) electrons. The van der Waals surface area contributed by atoms with Crippen LogP contribution in [0.5, 0.6) is 0 Å². The highest BCUT2D eigenvalue weighted by Crippen LogP contribution is 2.35. The molecule has 0 aliphatic heterocycles. The fraction of sp³-hybridized carbons (Fsp3) is 0.240. The Hall–Kier alpha value is -3.54. The standard InChI is InChI=1S/C25H23FN2O3/c1-25(2)12-19-20(21(29)13-25)15-28(18-6-4-3-5-7-18)24(31)22(19)23(30)27-14-16-8-10-17(26)11-9-16/h3-11,15H,12-14H2,1-2H3,(H,27,30). The maximum atomic E-state index is 13.4. The molecule has 0 unspecified atom stereocenters. The van der Waals surface area contributed by atoms with Gasteiger partial charge >= 0.3 is 0 Å². The molecular formula is C25H23FN2O3. The van der Waals surface area contributed by atoms with Crippen molar-refractivity contribution >= 4 is 11.7 Å². The number of para-hydroxylation sites is 1. The first-order chi connectivity index (χ1) is 14.7. The van der Waals surface area contributed by atoms with Crippen molar-refractivity contribution in [1.82, 2.24) is 9.88 Å². The van der Waals surface area contributed by atoms with Gasteiger partial charge in [0.15, 0.2) is 5.78 Å². The zero-order valence-corrected chi connectivity index (χ0v) is 17.4. The van der Waals surface area contributed by atoms with E-state index in [0.29, 0.717) is 35.2 Å². The van der Waals surface area contributed by atoms with Crippen LogP contribution >= 0.6 is 0 Å². The van der Waals surface area contributed by atoms with E-state index >= 15 is 0 Å². The number of aromatic nitrogens is 1. The van der Waals surface area contributed by atoms with E-state index in [1.807, 2.05) is 19.9 Å². The predicted octanol–water partition coefficient (Wildman–Crippen LogP) is 4.06. The van der Waals surface area contributed by atoms with Crippen LogP contribution in [0.3, 0.4) is 0 Å². The molecule has 0 bridgehead atoms. The minimum Gasteiger partial charge on any atom is -0.348 e. The molecule has 1 aromatic heterocycles. The Bertz CT molecular complexity index is 1210. The number of halogens is 1. The van der Waals surface area contributed by atoms with Crippen LogP contribution in [0, 0.1) is 11.2 Å². The third-order valence-corrected chi connectivity index (χ3v) is 5.54. The summed E-state index contributed by atoms with van der Waals surface area (Å²) in [4.78, 5) is 39.5. The van der Waals surface area contributed by atoms with E-state index in [9.17, 15) is 18.8 Å². The van der Waals surface area contributed by atoms with Crippen molar-refractivity contribution in [2.75, 3.05) is 0 Å². The molecule has 5 nitrogen and oxygen atoms in total. The normalized spacial score (nSPS) is 14.7. The number of ketones is 1. The van der Waals surface area contributed by atoms with Gasteiger partial charge in [0.2, 0.25) is 0 Å². The summed E-state index contributed by atoms with van der Waals surface area (Å²) in [6, 6.07) is 14.7. The molecule has 2 aromatic carbocycles. The topological polar surface area (TPSA) is 68.2 Å². The smallest absolute Gasteiger partial charge is 0.268 e. The quantitative estimate of drug-likeness (QED) is 0.695. The molecule has 1 amide bonds. The minimum atomic E-state index is -0.540. The molecule has 0 fully saturated rings. The number of hydrogen-bond acceptors (Lipinski definition) is 3. The van der Waals surface area contributed by atoms with E-state index in [1.165, 1.54) is 16.7 Å². The Morgan fingerprint density at radius 1 is 1.03 bits per heavy atom. The van der Waals surface area contributed by atoms with Gasteiger partial charge in [0.1, 0.15) is 11.4 Å². The second-order valence-electron chi connectivity index (χ2n) is 8.66. The van der Waals surface area contributed by atoms with E-state index in [1.54, 1.807) is 42.6 Å². The second-order valence-corrected chi connectivity index (χ2v) is 8.66. The van der Waals surface area contributed by atoms with Gasteiger partial charge in [0.05, 0.1) is 0 Å². The SMILES string of the molecule is CC1(C)CC(=O)c2cn(-c3ccccc3)c(=O)c(C(=O)NCc3ccc(F)cc3)c2C1. The lowest BCUT2D eigenvalue weighted by Crippen LogP contribution is -2.38. The molecule has 0 saturated carbocycles. The maximum Gasteiger partial charge on any atom is 0.268 e. The van der Waals surface area contributed by atoms with Crippen LogP contribution in [0.1, 0.15) is 52.1 Å². The summed E-state index contributed by atoms with van der Waals surface area (Å²) in [7, 11) is 0. The maximum absolute atomic E-state index is 13.4. The van der Waals surface area contributed by atoms with Gasteiger partial charge in [-0.15, -0.1) is 0 Å². The highest BCUT2D eigenvalue weighted by Gasteiger charge is 2.35. The summed E-state index contributed by atoms with van der Waals surface area (Å²) in [5, 5.41) is 2.76. The molecule has 1 aliphatic carbocycles. The molecular weight excluding hydrogens is 395 g/mol. The molecule has 31 heavy (non-hydrogen) atoms. The van der Waals surface area contributed by atoms with Gasteiger partial charge in [0, 0.05) is 30.4 Å². The van der Waals surface area contributed by atoms with Crippen LogP contribution in [0.2, 0.25) is 0 Å². The number of carbonyl (C=O) groups is 2. The molecule has 0 spiro atoms. The van der Waals surface area contributed by atoms with Gasteiger partial charge < -0.3 is 5.32 Å². The molecule has 3 aromatic rings. The fourth-order valence-corrected chi connectivity index (χ4v) is 4.03. The van der Waals surface area contributed by atoms with Crippen LogP contribution in [-0.4, -0.2) is 16.3 Å². The minimum absolute atomic E-state index is 0.00964. The average molecular weight is 418 g/mol. The number of rotatable bonds is 4. The number of nitrogens with zero attached hydrogens (tertiary/aromatic N) is 1. The number of Topliss-reactive ketones (excluding diaryl/α,β-unsaturated/α-hetero) is 1. The molecule has 6 heteroatoms. The number of fused-ring (bicyclic) bond motifs is 1. The third kappa shape index (κ3) is 4.19. The van der Waals surface area contributed by atoms with Crippen molar-refractivity contribution in [2.24, 2.45) is 5.41 Å². The highest BCUT2D eigenvalue weighted by atomic mass is 19.1. The first-order valence-corrected chi connectivity index (χ1v) is 10.1. The summed E-state index contributed by atoms with van der Waals surface area (Å²) >= 11 is 0. The van der Waals surface area contributed by atoms with Gasteiger partial charge in [-0.05, 0) is 47.2 Å². The number of nitrogens with one attached hydrogen (secondary N) is 1. The van der Waals surface area contributed by atoms with Crippen LogP contribution in [0.15, 0.2) is 65.6 Å². The monoisotopic (exact) mass is 418 g/mol. The zero-order chi connectivity index (χ0) is 22.2. The lowest BCUT2D eigenvalue weighted by molar-refractivity contribution is 0.0909. The molecule has 0 atom stereocenters. The van der Waals surface area contributed by atoms with Gasteiger partial charge in [-0.3, -0.25) is 19.0 Å². The first-order valence-electron chi connectivity index (χ1n) is 10.1. The summed E-state index contributed by atoms with van der Waals surface area (Å²) in [6.07, 6.45) is 2.36. The number of pyridine rings is 1. The van der Waals surface area contributed by atoms with E-state index in [4.69, 9.17) is 0 Å². The second kappa shape index (κ2) is 7.95. The van der Waals surface area contributed by atoms with E-state index < -0.39 is 11.5 Å². The lowest BCUT2D eigenvalue weighted by Gasteiger charge is -2.31. The molecule has 1 heterocycles. The van der Waals surface area contributed by atoms with Crippen molar-refractivity contribution < 1.29 is 14.0 Å². The Labute approximate surface area is 179 Å². The summed E-state index contributed by atoms with van der Waals surface area (Å²) < 4.78 is 14.5. The van der Waals surface area contributed by atoms with Gasteiger partial charge in [-0.25, -0.2) is 4.39 Å².